The summed E-state index contributed by atoms with van der Waals surface area (Å²) in [5, 5.41) is 18.3. The zero-order valence-corrected chi connectivity index (χ0v) is 11.8. The molecule has 108 valence electrons. The molecule has 2 N–H and O–H groups in total. The summed E-state index contributed by atoms with van der Waals surface area (Å²) in [5.41, 5.74) is 0.413. The first-order valence-corrected chi connectivity index (χ1v) is 6.51. The molecule has 0 bridgehead atoms. The van der Waals surface area contributed by atoms with E-state index in [4.69, 9.17) is 5.11 Å². The van der Waals surface area contributed by atoms with E-state index in [1.807, 2.05) is 13.8 Å². The quantitative estimate of drug-likeness (QED) is 0.878. The van der Waals surface area contributed by atoms with Crippen LogP contribution in [0.3, 0.4) is 0 Å². The molecule has 2 atom stereocenters. The molecule has 2 rings (SSSR count). The van der Waals surface area contributed by atoms with Gasteiger partial charge in [0, 0.05) is 13.6 Å². The molecule has 0 aromatic heterocycles. The molecule has 0 saturated heterocycles. The summed E-state index contributed by atoms with van der Waals surface area (Å²) in [6, 6.07) is 6.61. The van der Waals surface area contributed by atoms with Gasteiger partial charge in [-0.2, -0.15) is 0 Å². The normalized spacial score (nSPS) is 23.1. The summed E-state index contributed by atoms with van der Waals surface area (Å²) < 4.78 is 0. The Morgan fingerprint density at radius 2 is 1.75 bits per heavy atom. The number of aliphatic carboxylic acids is 1. The lowest BCUT2D eigenvalue weighted by molar-refractivity contribution is -0.141. The van der Waals surface area contributed by atoms with Crippen molar-refractivity contribution in [3.8, 4) is 5.75 Å². The Labute approximate surface area is 117 Å². The van der Waals surface area contributed by atoms with Gasteiger partial charge in [-0.25, -0.2) is 0 Å². The third-order valence-electron chi connectivity index (χ3n) is 4.09. The lowest BCUT2D eigenvalue weighted by Gasteiger charge is -2.18. The van der Waals surface area contributed by atoms with Crippen molar-refractivity contribution in [2.75, 3.05) is 7.05 Å². The number of hydrogen-bond donors (Lipinski definition) is 2. The van der Waals surface area contributed by atoms with Gasteiger partial charge in [-0.05, 0) is 23.1 Å². The van der Waals surface area contributed by atoms with Crippen LogP contribution in [0, 0.1) is 17.3 Å². The van der Waals surface area contributed by atoms with E-state index >= 15 is 0 Å². The Bertz CT molecular complexity index is 535. The van der Waals surface area contributed by atoms with Gasteiger partial charge in [-0.1, -0.05) is 26.0 Å². The van der Waals surface area contributed by atoms with Crippen molar-refractivity contribution in [3.05, 3.63) is 29.8 Å². The lowest BCUT2D eigenvalue weighted by Crippen LogP contribution is -2.29. The van der Waals surface area contributed by atoms with E-state index in [2.05, 4.69) is 0 Å². The number of benzene rings is 1. The van der Waals surface area contributed by atoms with Gasteiger partial charge in [0.15, 0.2) is 0 Å². The van der Waals surface area contributed by atoms with Crippen molar-refractivity contribution in [1.29, 1.82) is 0 Å². The van der Waals surface area contributed by atoms with Crippen molar-refractivity contribution in [3.63, 3.8) is 0 Å². The molecule has 0 spiro atoms. The van der Waals surface area contributed by atoms with Crippen LogP contribution >= 0.6 is 0 Å². The van der Waals surface area contributed by atoms with Gasteiger partial charge in [0.05, 0.1) is 11.8 Å². The van der Waals surface area contributed by atoms with Crippen LogP contribution in [0.25, 0.3) is 0 Å². The summed E-state index contributed by atoms with van der Waals surface area (Å²) in [6.45, 7) is 4.02. The van der Waals surface area contributed by atoms with Gasteiger partial charge >= 0.3 is 5.97 Å². The number of carbonyl (C=O) groups excluding carboxylic acids is 1. The molecule has 5 heteroatoms. The largest absolute Gasteiger partial charge is 0.508 e. The van der Waals surface area contributed by atoms with Gasteiger partial charge in [0.25, 0.3) is 0 Å². The minimum atomic E-state index is -0.911. The van der Waals surface area contributed by atoms with Crippen LogP contribution in [0.4, 0.5) is 0 Å². The molecule has 1 aromatic carbocycles. The number of phenols is 1. The number of rotatable bonds is 4. The molecule has 1 aromatic rings. The summed E-state index contributed by atoms with van der Waals surface area (Å²) in [7, 11) is 1.67. The fourth-order valence-corrected chi connectivity index (χ4v) is 2.75. The molecule has 5 nitrogen and oxygen atoms in total. The third-order valence-corrected chi connectivity index (χ3v) is 4.09. The van der Waals surface area contributed by atoms with Crippen LogP contribution in [-0.2, 0) is 16.1 Å². The van der Waals surface area contributed by atoms with Crippen molar-refractivity contribution in [2.24, 2.45) is 17.3 Å². The van der Waals surface area contributed by atoms with Gasteiger partial charge < -0.3 is 15.1 Å². The fraction of sp³-hybridized carbons (Fsp3) is 0.467. The second-order valence-electron chi connectivity index (χ2n) is 5.98. The van der Waals surface area contributed by atoms with Crippen molar-refractivity contribution < 1.29 is 19.8 Å². The van der Waals surface area contributed by atoms with Crippen molar-refractivity contribution >= 4 is 11.9 Å². The smallest absolute Gasteiger partial charge is 0.307 e. The minimum absolute atomic E-state index is 0.143. The van der Waals surface area contributed by atoms with Crippen LogP contribution in [0.15, 0.2) is 24.3 Å². The highest BCUT2D eigenvalue weighted by molar-refractivity contribution is 5.91. The molecule has 0 unspecified atom stereocenters. The number of aromatic hydroxyl groups is 1. The molecule has 1 fully saturated rings. The van der Waals surface area contributed by atoms with E-state index in [0.29, 0.717) is 6.54 Å². The molecule has 0 radical (unpaired) electrons. The van der Waals surface area contributed by atoms with Crippen molar-refractivity contribution in [2.45, 2.75) is 20.4 Å². The summed E-state index contributed by atoms with van der Waals surface area (Å²) >= 11 is 0. The third kappa shape index (κ3) is 2.48. The number of hydrogen-bond acceptors (Lipinski definition) is 3. The summed E-state index contributed by atoms with van der Waals surface area (Å²) in [5.74, 6) is -1.93. The van der Waals surface area contributed by atoms with Gasteiger partial charge in [-0.15, -0.1) is 0 Å². The zero-order chi connectivity index (χ0) is 15.1. The molecular formula is C15H19NO4. The van der Waals surface area contributed by atoms with Crippen LogP contribution in [0.5, 0.6) is 5.75 Å². The first kappa shape index (κ1) is 14.4. The second kappa shape index (κ2) is 4.81. The van der Waals surface area contributed by atoms with Gasteiger partial charge in [0.2, 0.25) is 5.91 Å². The Morgan fingerprint density at radius 3 is 2.20 bits per heavy atom. The maximum atomic E-state index is 12.3. The first-order chi connectivity index (χ1) is 9.25. The lowest BCUT2D eigenvalue weighted by atomic mass is 10.1. The van der Waals surface area contributed by atoms with Crippen LogP contribution in [0.1, 0.15) is 19.4 Å². The SMILES string of the molecule is CN(Cc1ccc(O)cc1)C(=O)[C@H]1[C@@H](C(=O)O)C1(C)C. The predicted octanol–water partition coefficient (Wildman–Crippen LogP) is 1.71. The Kier molecular flexibility index (Phi) is 3.46. The Morgan fingerprint density at radius 1 is 1.20 bits per heavy atom. The zero-order valence-electron chi connectivity index (χ0n) is 11.8. The van der Waals surface area contributed by atoms with E-state index in [9.17, 15) is 14.7 Å². The van der Waals surface area contributed by atoms with E-state index < -0.39 is 23.2 Å². The summed E-state index contributed by atoms with van der Waals surface area (Å²) in [4.78, 5) is 25.0. The average molecular weight is 277 g/mol. The number of phenolic OH excluding ortho intramolecular Hbond substituents is 1. The maximum Gasteiger partial charge on any atom is 0.307 e. The minimum Gasteiger partial charge on any atom is -0.508 e. The highest BCUT2D eigenvalue weighted by atomic mass is 16.4. The van der Waals surface area contributed by atoms with E-state index in [1.54, 1.807) is 36.2 Å². The number of amides is 1. The molecule has 0 aliphatic heterocycles. The van der Waals surface area contributed by atoms with E-state index in [1.165, 1.54) is 0 Å². The second-order valence-corrected chi connectivity index (χ2v) is 5.98. The maximum absolute atomic E-state index is 12.3. The fourth-order valence-electron chi connectivity index (χ4n) is 2.75. The first-order valence-electron chi connectivity index (χ1n) is 6.51. The van der Waals surface area contributed by atoms with Gasteiger partial charge in [-0.3, -0.25) is 9.59 Å². The number of nitrogens with zero attached hydrogens (tertiary/aromatic N) is 1. The van der Waals surface area contributed by atoms with E-state index in [-0.39, 0.29) is 11.7 Å². The van der Waals surface area contributed by atoms with Crippen LogP contribution in [-0.4, -0.2) is 34.0 Å². The molecule has 0 heterocycles. The Hall–Kier alpha value is -2.04. The topological polar surface area (TPSA) is 77.8 Å². The molecule has 1 saturated carbocycles. The van der Waals surface area contributed by atoms with Gasteiger partial charge in [0.1, 0.15) is 5.75 Å². The number of carboxylic acids is 1. The molecule has 1 amide bonds. The highest BCUT2D eigenvalue weighted by Crippen LogP contribution is 2.58. The number of carboxylic acid groups (broad SMARTS) is 1. The molecule has 1 aliphatic rings. The standard InChI is InChI=1S/C15H19NO4/c1-15(2)11(12(15)14(19)20)13(18)16(3)8-9-4-6-10(17)7-5-9/h4-7,11-12,17H,8H2,1-3H3,(H,19,20)/t11-,12+/m1/s1. The molecular weight excluding hydrogens is 258 g/mol. The highest BCUT2D eigenvalue weighted by Gasteiger charge is 2.66. The molecule has 1 aliphatic carbocycles. The summed E-state index contributed by atoms with van der Waals surface area (Å²) in [6.07, 6.45) is 0. The number of carbonyl (C=O) groups is 2. The molecule has 20 heavy (non-hydrogen) atoms. The monoisotopic (exact) mass is 277 g/mol. The van der Waals surface area contributed by atoms with Crippen LogP contribution in [0.2, 0.25) is 0 Å². The van der Waals surface area contributed by atoms with Crippen LogP contribution < -0.4 is 0 Å². The van der Waals surface area contributed by atoms with E-state index in [0.717, 1.165) is 5.56 Å². The predicted molar refractivity (Wildman–Crippen MR) is 73.0 cm³/mol. The Balaban J connectivity index is 2.03. The average Bonchev–Trinajstić information content (AvgIpc) is 2.94. The van der Waals surface area contributed by atoms with Crippen molar-refractivity contribution in [1.82, 2.24) is 4.90 Å².